The number of hydrogen-bond donors (Lipinski definition) is 2. The zero-order valence-corrected chi connectivity index (χ0v) is 11.3. The van der Waals surface area contributed by atoms with Crippen LogP contribution >= 0.6 is 0 Å². The Morgan fingerprint density at radius 2 is 1.88 bits per heavy atom. The third-order valence-corrected chi connectivity index (χ3v) is 3.56. The van der Waals surface area contributed by atoms with Crippen molar-refractivity contribution in [3.63, 3.8) is 0 Å². The van der Waals surface area contributed by atoms with Crippen LogP contribution in [0, 0.1) is 5.41 Å². The first kappa shape index (κ1) is 15.8. The summed E-state index contributed by atoms with van der Waals surface area (Å²) in [6.45, 7) is 7.67. The lowest BCUT2D eigenvalue weighted by atomic mass is 10.0. The van der Waals surface area contributed by atoms with Gasteiger partial charge >= 0.3 is 0 Å². The quantitative estimate of drug-likeness (QED) is 0.609. The molecule has 0 fully saturated rings. The van der Waals surface area contributed by atoms with Crippen molar-refractivity contribution in [1.29, 1.82) is 0 Å². The summed E-state index contributed by atoms with van der Waals surface area (Å²) in [7, 11) is -3.16. The minimum Gasteiger partial charge on any atom is -0.380 e. The fourth-order valence-corrected chi connectivity index (χ4v) is 2.91. The molecule has 0 aromatic carbocycles. The van der Waals surface area contributed by atoms with Gasteiger partial charge in [-0.3, -0.25) is 0 Å². The van der Waals surface area contributed by atoms with Gasteiger partial charge in [0.25, 0.3) is 0 Å². The molecule has 0 radical (unpaired) electrons. The molecule has 5 nitrogen and oxygen atoms in total. The van der Waals surface area contributed by atoms with Crippen molar-refractivity contribution in [3.05, 3.63) is 0 Å². The third kappa shape index (κ3) is 10.4. The first-order chi connectivity index (χ1) is 7.27. The summed E-state index contributed by atoms with van der Waals surface area (Å²) in [4.78, 5) is 0. The zero-order valence-electron chi connectivity index (χ0n) is 10.5. The Labute approximate surface area is 98.8 Å². The summed E-state index contributed by atoms with van der Waals surface area (Å²) in [5.74, 6) is 0.143. The highest BCUT2D eigenvalue weighted by Crippen LogP contribution is 2.15. The van der Waals surface area contributed by atoms with Crippen LogP contribution in [-0.4, -0.2) is 40.5 Å². The van der Waals surface area contributed by atoms with Crippen molar-refractivity contribution in [2.75, 3.05) is 32.1 Å². The maximum absolute atomic E-state index is 11.6. The summed E-state index contributed by atoms with van der Waals surface area (Å²) in [5.41, 5.74) is 5.03. The fraction of sp³-hybridized carbons (Fsp3) is 1.00. The second-order valence-corrected chi connectivity index (χ2v) is 6.78. The zero-order chi connectivity index (χ0) is 12.7. The lowest BCUT2D eigenvalue weighted by Gasteiger charge is -2.18. The molecule has 0 atom stereocenters. The van der Waals surface area contributed by atoms with Crippen LogP contribution in [0.3, 0.4) is 0 Å². The smallest absolute Gasteiger partial charge is 0.212 e. The van der Waals surface area contributed by atoms with E-state index in [4.69, 9.17) is 10.5 Å². The van der Waals surface area contributed by atoms with Crippen LogP contribution in [-0.2, 0) is 14.8 Å². The predicted molar refractivity (Wildman–Crippen MR) is 65.7 cm³/mol. The van der Waals surface area contributed by atoms with E-state index < -0.39 is 10.0 Å². The molecule has 0 heterocycles. The van der Waals surface area contributed by atoms with Crippen molar-refractivity contribution < 1.29 is 13.2 Å². The van der Waals surface area contributed by atoms with E-state index in [0.29, 0.717) is 32.7 Å². The Kier molecular flexibility index (Phi) is 7.14. The average molecular weight is 252 g/mol. The van der Waals surface area contributed by atoms with Crippen molar-refractivity contribution in [3.8, 4) is 0 Å². The molecule has 0 aliphatic rings. The highest BCUT2D eigenvalue weighted by atomic mass is 32.2. The summed E-state index contributed by atoms with van der Waals surface area (Å²) in [6, 6.07) is 0. The number of rotatable bonds is 8. The predicted octanol–water partition coefficient (Wildman–Crippen LogP) is 0.317. The molecule has 0 saturated carbocycles. The van der Waals surface area contributed by atoms with Crippen LogP contribution in [0.2, 0.25) is 0 Å². The van der Waals surface area contributed by atoms with Gasteiger partial charge in [-0.25, -0.2) is 13.1 Å². The Morgan fingerprint density at radius 3 is 2.38 bits per heavy atom. The molecule has 98 valence electrons. The van der Waals surface area contributed by atoms with Crippen LogP contribution in [0.15, 0.2) is 0 Å². The highest BCUT2D eigenvalue weighted by molar-refractivity contribution is 7.89. The van der Waals surface area contributed by atoms with Gasteiger partial charge in [-0.2, -0.15) is 0 Å². The topological polar surface area (TPSA) is 81.4 Å². The van der Waals surface area contributed by atoms with Crippen LogP contribution in [0.1, 0.15) is 27.2 Å². The van der Waals surface area contributed by atoms with Crippen LogP contribution < -0.4 is 10.5 Å². The van der Waals surface area contributed by atoms with Crippen molar-refractivity contribution in [1.82, 2.24) is 4.72 Å². The molecule has 0 aromatic rings. The number of hydrogen-bond acceptors (Lipinski definition) is 4. The van der Waals surface area contributed by atoms with E-state index in [1.807, 2.05) is 20.8 Å². The van der Waals surface area contributed by atoms with Crippen LogP contribution in [0.4, 0.5) is 0 Å². The van der Waals surface area contributed by atoms with Gasteiger partial charge in [0.05, 0.1) is 12.4 Å². The van der Waals surface area contributed by atoms with Gasteiger partial charge in [0.15, 0.2) is 0 Å². The van der Waals surface area contributed by atoms with E-state index in [9.17, 15) is 8.42 Å². The van der Waals surface area contributed by atoms with Gasteiger partial charge < -0.3 is 10.5 Å². The molecule has 0 unspecified atom stereocenters. The van der Waals surface area contributed by atoms with Gasteiger partial charge in [-0.1, -0.05) is 20.8 Å². The van der Waals surface area contributed by atoms with Crippen molar-refractivity contribution in [2.45, 2.75) is 27.2 Å². The van der Waals surface area contributed by atoms with E-state index >= 15 is 0 Å². The molecular formula is C10H24N2O3S. The molecular weight excluding hydrogens is 228 g/mol. The molecule has 0 aliphatic carbocycles. The van der Waals surface area contributed by atoms with Gasteiger partial charge in [-0.05, 0) is 11.8 Å². The Hall–Kier alpha value is -0.170. The molecule has 0 bridgehead atoms. The van der Waals surface area contributed by atoms with Crippen LogP contribution in [0.25, 0.3) is 0 Å². The first-order valence-corrected chi connectivity index (χ1v) is 7.17. The maximum Gasteiger partial charge on any atom is 0.212 e. The Bertz CT molecular complexity index is 270. The largest absolute Gasteiger partial charge is 0.380 e. The minimum absolute atomic E-state index is 0.143. The third-order valence-electron chi connectivity index (χ3n) is 1.67. The Morgan fingerprint density at radius 1 is 1.25 bits per heavy atom. The minimum atomic E-state index is -3.16. The lowest BCUT2D eigenvalue weighted by Crippen LogP contribution is -2.33. The molecule has 0 aromatic heterocycles. The normalized spacial score (nSPS) is 13.0. The van der Waals surface area contributed by atoms with Gasteiger partial charge in [0.2, 0.25) is 10.0 Å². The molecule has 3 N–H and O–H groups in total. The number of ether oxygens (including phenoxy) is 1. The molecule has 0 spiro atoms. The van der Waals surface area contributed by atoms with E-state index in [-0.39, 0.29) is 11.2 Å². The number of sulfonamides is 1. The molecule has 6 heteroatoms. The van der Waals surface area contributed by atoms with Gasteiger partial charge in [0, 0.05) is 19.7 Å². The molecule has 0 saturated heterocycles. The highest BCUT2D eigenvalue weighted by Gasteiger charge is 2.20. The maximum atomic E-state index is 11.6. The Balaban J connectivity index is 3.68. The second-order valence-electron chi connectivity index (χ2n) is 4.97. The molecule has 0 aliphatic heterocycles. The lowest BCUT2D eigenvalue weighted by molar-refractivity contribution is 0.140. The molecule has 0 amide bonds. The fourth-order valence-electron chi connectivity index (χ4n) is 1.21. The summed E-state index contributed by atoms with van der Waals surface area (Å²) < 4.78 is 30.8. The molecule has 0 rings (SSSR count). The number of nitrogens with one attached hydrogen (secondary N) is 1. The van der Waals surface area contributed by atoms with E-state index in [1.54, 1.807) is 0 Å². The second kappa shape index (κ2) is 7.21. The summed E-state index contributed by atoms with van der Waals surface area (Å²) in [5, 5.41) is 0. The standard InChI is InChI=1S/C10H24N2O3S/c1-10(2,3)9-16(13,14)12-6-4-7-15-8-5-11/h12H,4-9,11H2,1-3H3. The van der Waals surface area contributed by atoms with E-state index in [1.165, 1.54) is 0 Å². The first-order valence-electron chi connectivity index (χ1n) is 5.52. The van der Waals surface area contributed by atoms with E-state index in [0.717, 1.165) is 0 Å². The molecule has 16 heavy (non-hydrogen) atoms. The van der Waals surface area contributed by atoms with Crippen molar-refractivity contribution >= 4 is 10.0 Å². The number of nitrogens with two attached hydrogens (primary N) is 1. The summed E-state index contributed by atoms with van der Waals surface area (Å²) in [6.07, 6.45) is 0.670. The van der Waals surface area contributed by atoms with Gasteiger partial charge in [0.1, 0.15) is 0 Å². The van der Waals surface area contributed by atoms with Crippen molar-refractivity contribution in [2.24, 2.45) is 11.1 Å². The van der Waals surface area contributed by atoms with E-state index in [2.05, 4.69) is 4.72 Å². The monoisotopic (exact) mass is 252 g/mol. The average Bonchev–Trinajstić information content (AvgIpc) is 2.06. The van der Waals surface area contributed by atoms with Crippen LogP contribution in [0.5, 0.6) is 0 Å². The summed E-state index contributed by atoms with van der Waals surface area (Å²) >= 11 is 0. The van der Waals surface area contributed by atoms with Gasteiger partial charge in [-0.15, -0.1) is 0 Å². The SMILES string of the molecule is CC(C)(C)CS(=O)(=O)NCCCOCCN.